The van der Waals surface area contributed by atoms with Crippen molar-refractivity contribution in [1.82, 2.24) is 5.32 Å². The maximum Gasteiger partial charge on any atom is 0.407 e. The predicted molar refractivity (Wildman–Crippen MR) is 61.8 cm³/mol. The van der Waals surface area contributed by atoms with Gasteiger partial charge in [-0.05, 0) is 33.4 Å². The van der Waals surface area contributed by atoms with Crippen LogP contribution in [0.15, 0.2) is 0 Å². The molecule has 0 aromatic carbocycles. The van der Waals surface area contributed by atoms with Gasteiger partial charge in [0.05, 0.1) is 0 Å². The first-order valence-corrected chi connectivity index (χ1v) is 6.27. The van der Waals surface area contributed by atoms with Gasteiger partial charge in [-0.3, -0.25) is 0 Å². The van der Waals surface area contributed by atoms with Gasteiger partial charge in [-0.1, -0.05) is 6.92 Å². The fourth-order valence-electron chi connectivity index (χ4n) is 0.937. The number of rotatable bonds is 4. The maximum absolute atomic E-state index is 11.4. The lowest BCUT2D eigenvalue weighted by Crippen LogP contribution is -2.40. The zero-order valence-electron chi connectivity index (χ0n) is 9.72. The number of carbonyl (C=O) groups is 1. The molecule has 84 valence electrons. The van der Waals surface area contributed by atoms with Crippen LogP contribution in [0.4, 0.5) is 4.79 Å². The molecule has 0 saturated heterocycles. The third-order valence-corrected chi connectivity index (χ3v) is 2.32. The summed E-state index contributed by atoms with van der Waals surface area (Å²) in [5, 5.41) is 2.84. The molecule has 1 unspecified atom stereocenters. The summed E-state index contributed by atoms with van der Waals surface area (Å²) >= 11 is 1.72. The average Bonchev–Trinajstić information content (AvgIpc) is 2.00. The van der Waals surface area contributed by atoms with Gasteiger partial charge in [0.2, 0.25) is 0 Å². The lowest BCUT2D eigenvalue weighted by atomic mass is 10.2. The third kappa shape index (κ3) is 7.06. The van der Waals surface area contributed by atoms with Gasteiger partial charge in [0.15, 0.2) is 0 Å². The summed E-state index contributed by atoms with van der Waals surface area (Å²) in [6.07, 6.45) is 2.64. The van der Waals surface area contributed by atoms with Crippen LogP contribution in [0.5, 0.6) is 0 Å². The molecule has 1 N–H and O–H groups in total. The first-order valence-electron chi connectivity index (χ1n) is 4.87. The van der Waals surface area contributed by atoms with Crippen molar-refractivity contribution in [3.05, 3.63) is 0 Å². The summed E-state index contributed by atoms with van der Waals surface area (Å²) in [5.41, 5.74) is -0.415. The van der Waals surface area contributed by atoms with Crippen molar-refractivity contribution in [2.24, 2.45) is 0 Å². The van der Waals surface area contributed by atoms with E-state index >= 15 is 0 Å². The lowest BCUT2D eigenvalue weighted by Gasteiger charge is -2.22. The molecule has 14 heavy (non-hydrogen) atoms. The van der Waals surface area contributed by atoms with Crippen LogP contribution in [-0.4, -0.2) is 29.7 Å². The predicted octanol–water partition coefficient (Wildman–Crippen LogP) is 2.65. The molecule has 0 aliphatic rings. The minimum absolute atomic E-state index is 0.208. The average molecular weight is 219 g/mol. The Kier molecular flexibility index (Phi) is 6.00. The number of nitrogens with one attached hydrogen (secondary N) is 1. The highest BCUT2D eigenvalue weighted by molar-refractivity contribution is 7.98. The van der Waals surface area contributed by atoms with Gasteiger partial charge in [-0.15, -0.1) is 0 Å². The van der Waals surface area contributed by atoms with E-state index in [0.717, 1.165) is 12.2 Å². The Balaban J connectivity index is 3.91. The van der Waals surface area contributed by atoms with Gasteiger partial charge >= 0.3 is 6.09 Å². The molecule has 0 fully saturated rings. The second kappa shape index (κ2) is 6.17. The Bertz CT molecular complexity index is 177. The number of amides is 1. The number of alkyl carbamates (subject to hydrolysis) is 1. The Labute approximate surface area is 91.0 Å². The lowest BCUT2D eigenvalue weighted by molar-refractivity contribution is 0.0508. The summed E-state index contributed by atoms with van der Waals surface area (Å²) in [5.74, 6) is 0.926. The molecule has 1 amide bonds. The van der Waals surface area contributed by atoms with Crippen LogP contribution in [0.1, 0.15) is 34.1 Å². The minimum atomic E-state index is -0.415. The summed E-state index contributed by atoms with van der Waals surface area (Å²) in [4.78, 5) is 11.4. The van der Waals surface area contributed by atoms with Gasteiger partial charge in [0.1, 0.15) is 5.60 Å². The molecule has 0 saturated carbocycles. The van der Waals surface area contributed by atoms with Gasteiger partial charge in [0.25, 0.3) is 0 Å². The molecule has 0 aliphatic carbocycles. The van der Waals surface area contributed by atoms with Crippen molar-refractivity contribution in [3.8, 4) is 0 Å². The molecule has 4 heteroatoms. The quantitative estimate of drug-likeness (QED) is 0.790. The van der Waals surface area contributed by atoms with E-state index in [1.54, 1.807) is 11.8 Å². The largest absolute Gasteiger partial charge is 0.444 e. The van der Waals surface area contributed by atoms with E-state index in [0.29, 0.717) is 0 Å². The van der Waals surface area contributed by atoms with E-state index in [9.17, 15) is 4.79 Å². The highest BCUT2D eigenvalue weighted by Gasteiger charge is 2.18. The maximum atomic E-state index is 11.4. The molecule has 0 aromatic rings. The van der Waals surface area contributed by atoms with Crippen LogP contribution < -0.4 is 5.32 Å². The third-order valence-electron chi connectivity index (χ3n) is 1.58. The molecule has 0 radical (unpaired) electrons. The van der Waals surface area contributed by atoms with Crippen LogP contribution in [0.2, 0.25) is 0 Å². The van der Waals surface area contributed by atoms with Gasteiger partial charge in [-0.2, -0.15) is 11.8 Å². The van der Waals surface area contributed by atoms with Crippen molar-refractivity contribution in [1.29, 1.82) is 0 Å². The first kappa shape index (κ1) is 13.6. The number of ether oxygens (including phenoxy) is 1. The second-order valence-corrected chi connectivity index (χ2v) is 5.12. The standard InChI is InChI=1S/C10H21NO2S/c1-6-8(7-14-5)11-9(12)13-10(2,3)4/h8H,6-7H2,1-5H3,(H,11,12). The summed E-state index contributed by atoms with van der Waals surface area (Å²) in [7, 11) is 0. The van der Waals surface area contributed by atoms with Crippen molar-refractivity contribution in [2.75, 3.05) is 12.0 Å². The summed E-state index contributed by atoms with van der Waals surface area (Å²) in [6, 6.07) is 0.208. The van der Waals surface area contributed by atoms with E-state index in [1.165, 1.54) is 0 Å². The van der Waals surface area contributed by atoms with Crippen molar-refractivity contribution in [3.63, 3.8) is 0 Å². The Morgan fingerprint density at radius 3 is 2.43 bits per heavy atom. The van der Waals surface area contributed by atoms with Gasteiger partial charge in [0, 0.05) is 11.8 Å². The smallest absolute Gasteiger partial charge is 0.407 e. The van der Waals surface area contributed by atoms with E-state index in [4.69, 9.17) is 4.74 Å². The molecule has 0 spiro atoms. The fraction of sp³-hybridized carbons (Fsp3) is 0.900. The van der Waals surface area contributed by atoms with Crippen LogP contribution in [0, 0.1) is 0 Å². The topological polar surface area (TPSA) is 38.3 Å². The van der Waals surface area contributed by atoms with E-state index < -0.39 is 5.60 Å². The Morgan fingerprint density at radius 1 is 1.50 bits per heavy atom. The molecule has 0 rings (SSSR count). The SMILES string of the molecule is CCC(CSC)NC(=O)OC(C)(C)C. The molecule has 0 bridgehead atoms. The van der Waals surface area contributed by atoms with Crippen molar-refractivity contribution in [2.45, 2.75) is 45.8 Å². The highest BCUT2D eigenvalue weighted by atomic mass is 32.2. The molecular weight excluding hydrogens is 198 g/mol. The minimum Gasteiger partial charge on any atom is -0.444 e. The van der Waals surface area contributed by atoms with Crippen molar-refractivity contribution >= 4 is 17.9 Å². The van der Waals surface area contributed by atoms with Gasteiger partial charge < -0.3 is 10.1 Å². The molecule has 3 nitrogen and oxygen atoms in total. The number of carbonyl (C=O) groups excluding carboxylic acids is 1. The zero-order valence-corrected chi connectivity index (χ0v) is 10.5. The number of hydrogen-bond acceptors (Lipinski definition) is 3. The molecule has 0 aromatic heterocycles. The number of thioether (sulfide) groups is 1. The monoisotopic (exact) mass is 219 g/mol. The molecule has 0 heterocycles. The van der Waals surface area contributed by atoms with E-state index in [-0.39, 0.29) is 12.1 Å². The van der Waals surface area contributed by atoms with Gasteiger partial charge in [-0.25, -0.2) is 4.79 Å². The molecule has 1 atom stereocenters. The molecule has 0 aliphatic heterocycles. The van der Waals surface area contributed by atoms with Crippen LogP contribution in [0.3, 0.4) is 0 Å². The zero-order chi connectivity index (χ0) is 11.2. The molecular formula is C10H21NO2S. The number of hydrogen-bond donors (Lipinski definition) is 1. The summed E-state index contributed by atoms with van der Waals surface area (Å²) in [6.45, 7) is 7.64. The first-order chi connectivity index (χ1) is 6.39. The Hall–Kier alpha value is -0.380. The van der Waals surface area contributed by atoms with E-state index in [2.05, 4.69) is 12.2 Å². The normalized spacial score (nSPS) is 13.5. The van der Waals surface area contributed by atoms with E-state index in [1.807, 2.05) is 27.0 Å². The van der Waals surface area contributed by atoms with Crippen LogP contribution in [-0.2, 0) is 4.74 Å². The second-order valence-electron chi connectivity index (χ2n) is 4.21. The highest BCUT2D eigenvalue weighted by Crippen LogP contribution is 2.08. The fourth-order valence-corrected chi connectivity index (χ4v) is 1.66. The van der Waals surface area contributed by atoms with Crippen LogP contribution in [0.25, 0.3) is 0 Å². The summed E-state index contributed by atoms with van der Waals surface area (Å²) < 4.78 is 5.16. The van der Waals surface area contributed by atoms with Crippen LogP contribution >= 0.6 is 11.8 Å². The van der Waals surface area contributed by atoms with Crippen molar-refractivity contribution < 1.29 is 9.53 Å². The Morgan fingerprint density at radius 2 is 2.07 bits per heavy atom.